The van der Waals surface area contributed by atoms with E-state index in [4.69, 9.17) is 8.94 Å². The van der Waals surface area contributed by atoms with Gasteiger partial charge in [-0.05, 0) is 30.2 Å². The first-order valence-corrected chi connectivity index (χ1v) is 9.61. The Balaban J connectivity index is 1.61. The monoisotopic (exact) mass is 398 g/mol. The van der Waals surface area contributed by atoms with Crippen molar-refractivity contribution in [1.82, 2.24) is 19.9 Å². The highest BCUT2D eigenvalue weighted by molar-refractivity contribution is 5.93. The Kier molecular flexibility index (Phi) is 6.54. The lowest BCUT2D eigenvalue weighted by Crippen LogP contribution is -2.37. The highest BCUT2D eigenvalue weighted by Crippen LogP contribution is 2.21. The largest absolute Gasteiger partial charge is 0.467 e. The first-order chi connectivity index (χ1) is 13.9. The van der Waals surface area contributed by atoms with Gasteiger partial charge in [0, 0.05) is 38.8 Å². The van der Waals surface area contributed by atoms with E-state index < -0.39 is 0 Å². The summed E-state index contributed by atoms with van der Waals surface area (Å²) in [6.45, 7) is 5.20. The third-order valence-corrected chi connectivity index (χ3v) is 4.45. The van der Waals surface area contributed by atoms with E-state index in [0.717, 1.165) is 5.69 Å². The van der Waals surface area contributed by atoms with Crippen LogP contribution in [-0.2, 0) is 18.4 Å². The molecule has 0 saturated carbocycles. The molecular weight excluding hydrogens is 372 g/mol. The van der Waals surface area contributed by atoms with Crippen LogP contribution in [0, 0.1) is 5.92 Å². The van der Waals surface area contributed by atoms with Gasteiger partial charge in [-0.25, -0.2) is 0 Å². The molecule has 1 N–H and O–H groups in total. The molecule has 0 atom stereocenters. The van der Waals surface area contributed by atoms with Crippen LogP contribution in [-0.4, -0.2) is 39.5 Å². The van der Waals surface area contributed by atoms with E-state index in [1.54, 1.807) is 29.4 Å². The Morgan fingerprint density at radius 1 is 1.28 bits per heavy atom. The minimum atomic E-state index is -0.248. The molecule has 8 nitrogen and oxygen atoms in total. The number of hydrogen-bond donors (Lipinski definition) is 1. The van der Waals surface area contributed by atoms with Crippen LogP contribution in [0.5, 0.6) is 0 Å². The van der Waals surface area contributed by atoms with Crippen LogP contribution in [0.2, 0.25) is 0 Å². The lowest BCUT2D eigenvalue weighted by atomic mass is 10.2. The van der Waals surface area contributed by atoms with Crippen molar-refractivity contribution in [2.75, 3.05) is 13.1 Å². The number of aryl methyl sites for hydroxylation is 1. The number of amides is 2. The smallest absolute Gasteiger partial charge is 0.276 e. The molecule has 0 fully saturated rings. The molecule has 0 spiro atoms. The van der Waals surface area contributed by atoms with Gasteiger partial charge in [-0.15, -0.1) is 0 Å². The van der Waals surface area contributed by atoms with Gasteiger partial charge in [0.1, 0.15) is 5.76 Å². The minimum Gasteiger partial charge on any atom is -0.467 e. The number of nitrogens with zero attached hydrogens (tertiary/aromatic N) is 3. The molecule has 0 aliphatic heterocycles. The number of nitrogens with one attached hydrogen (secondary N) is 1. The molecule has 3 heterocycles. The highest BCUT2D eigenvalue weighted by atomic mass is 16.5. The van der Waals surface area contributed by atoms with Crippen molar-refractivity contribution in [3.05, 3.63) is 54.2 Å². The van der Waals surface area contributed by atoms with Gasteiger partial charge in [0.05, 0.1) is 18.5 Å². The molecule has 29 heavy (non-hydrogen) atoms. The van der Waals surface area contributed by atoms with Crippen LogP contribution in [0.1, 0.15) is 36.5 Å². The third-order valence-electron chi connectivity index (χ3n) is 4.45. The van der Waals surface area contributed by atoms with Crippen LogP contribution in [0.25, 0.3) is 11.5 Å². The summed E-state index contributed by atoms with van der Waals surface area (Å²) in [5.74, 6) is 1.07. The molecule has 3 aromatic heterocycles. The van der Waals surface area contributed by atoms with E-state index >= 15 is 0 Å². The predicted molar refractivity (Wildman–Crippen MR) is 107 cm³/mol. The second-order valence-electron chi connectivity index (χ2n) is 7.33. The summed E-state index contributed by atoms with van der Waals surface area (Å²) >= 11 is 0. The van der Waals surface area contributed by atoms with Gasteiger partial charge in [-0.2, -0.15) is 0 Å². The molecule has 0 saturated heterocycles. The summed E-state index contributed by atoms with van der Waals surface area (Å²) < 4.78 is 12.5. The van der Waals surface area contributed by atoms with Gasteiger partial charge in [0.15, 0.2) is 11.5 Å². The maximum absolute atomic E-state index is 13.0. The lowest BCUT2D eigenvalue weighted by Gasteiger charge is -2.23. The molecule has 0 unspecified atom stereocenters. The van der Waals surface area contributed by atoms with Crippen molar-refractivity contribution >= 4 is 11.8 Å². The molecule has 3 aromatic rings. The van der Waals surface area contributed by atoms with Crippen LogP contribution < -0.4 is 5.32 Å². The van der Waals surface area contributed by atoms with Gasteiger partial charge < -0.3 is 23.7 Å². The van der Waals surface area contributed by atoms with Crippen molar-refractivity contribution in [1.29, 1.82) is 0 Å². The Bertz CT molecular complexity index is 940. The second-order valence-corrected chi connectivity index (χ2v) is 7.33. The number of carbonyl (C=O) groups is 2. The van der Waals surface area contributed by atoms with E-state index in [-0.39, 0.29) is 29.8 Å². The summed E-state index contributed by atoms with van der Waals surface area (Å²) in [7, 11) is 1.89. The topological polar surface area (TPSA) is 93.5 Å². The Morgan fingerprint density at radius 2 is 2.10 bits per heavy atom. The van der Waals surface area contributed by atoms with Crippen LogP contribution in [0.4, 0.5) is 0 Å². The first kappa shape index (κ1) is 20.4. The van der Waals surface area contributed by atoms with Crippen LogP contribution >= 0.6 is 0 Å². The normalized spacial score (nSPS) is 11.0. The fourth-order valence-corrected chi connectivity index (χ4v) is 3.02. The fraction of sp³-hybridized carbons (Fsp3) is 0.381. The quantitative estimate of drug-likeness (QED) is 0.598. The van der Waals surface area contributed by atoms with Crippen LogP contribution in [0.15, 0.2) is 51.7 Å². The van der Waals surface area contributed by atoms with Crippen molar-refractivity contribution in [3.8, 4) is 11.5 Å². The molecule has 0 bridgehead atoms. The first-order valence-electron chi connectivity index (χ1n) is 9.61. The van der Waals surface area contributed by atoms with E-state index in [1.807, 2.05) is 43.8 Å². The summed E-state index contributed by atoms with van der Waals surface area (Å²) in [5.41, 5.74) is 1.07. The molecule has 3 rings (SSSR count). The standard InChI is InChI=1S/C21H26N4O4/c1-15(2)14-25(10-8-20(26)22-13-16-6-5-11-28-16)21(27)17-12-19(29-23-17)18-7-4-9-24(18)3/h4-7,9,11-12,15H,8,10,13-14H2,1-3H3,(H,22,26). The molecule has 8 heteroatoms. The maximum Gasteiger partial charge on any atom is 0.276 e. The van der Waals surface area contributed by atoms with Crippen LogP contribution in [0.3, 0.4) is 0 Å². The van der Waals surface area contributed by atoms with Crippen molar-refractivity contribution in [3.63, 3.8) is 0 Å². The van der Waals surface area contributed by atoms with E-state index in [1.165, 1.54) is 0 Å². The molecule has 0 aliphatic carbocycles. The predicted octanol–water partition coefficient (Wildman–Crippen LogP) is 3.08. The zero-order valence-corrected chi connectivity index (χ0v) is 16.9. The Labute approximate surface area is 169 Å². The zero-order chi connectivity index (χ0) is 20.8. The van der Waals surface area contributed by atoms with Gasteiger partial charge in [-0.1, -0.05) is 19.0 Å². The van der Waals surface area contributed by atoms with Gasteiger partial charge in [-0.3, -0.25) is 9.59 Å². The Morgan fingerprint density at radius 3 is 2.76 bits per heavy atom. The van der Waals surface area contributed by atoms with E-state index in [2.05, 4.69) is 10.5 Å². The SMILES string of the molecule is CC(C)CN(CCC(=O)NCc1ccco1)C(=O)c1cc(-c2cccn2C)on1. The van der Waals surface area contributed by atoms with E-state index in [0.29, 0.717) is 31.2 Å². The van der Waals surface area contributed by atoms with Gasteiger partial charge in [0.25, 0.3) is 5.91 Å². The summed E-state index contributed by atoms with van der Waals surface area (Å²) in [4.78, 5) is 26.8. The van der Waals surface area contributed by atoms with Gasteiger partial charge in [0.2, 0.25) is 5.91 Å². The van der Waals surface area contributed by atoms with Crippen molar-refractivity contribution < 1.29 is 18.5 Å². The molecule has 0 radical (unpaired) electrons. The number of carbonyl (C=O) groups excluding carboxylic acids is 2. The average Bonchev–Trinajstić information content (AvgIpc) is 3.43. The zero-order valence-electron chi connectivity index (χ0n) is 16.9. The molecule has 0 aliphatic rings. The molecular formula is C21H26N4O4. The maximum atomic E-state index is 13.0. The number of furan rings is 1. The molecule has 0 aromatic carbocycles. The summed E-state index contributed by atoms with van der Waals surface area (Å²) in [6.07, 6.45) is 3.65. The highest BCUT2D eigenvalue weighted by Gasteiger charge is 2.22. The summed E-state index contributed by atoms with van der Waals surface area (Å²) in [5, 5.41) is 6.74. The van der Waals surface area contributed by atoms with Gasteiger partial charge >= 0.3 is 0 Å². The second kappa shape index (κ2) is 9.27. The molecule has 154 valence electrons. The van der Waals surface area contributed by atoms with Crippen molar-refractivity contribution in [2.45, 2.75) is 26.8 Å². The fourth-order valence-electron chi connectivity index (χ4n) is 3.02. The lowest BCUT2D eigenvalue weighted by molar-refractivity contribution is -0.121. The number of aromatic nitrogens is 2. The van der Waals surface area contributed by atoms with E-state index in [9.17, 15) is 9.59 Å². The molecule has 2 amide bonds. The third kappa shape index (κ3) is 5.37. The number of hydrogen-bond acceptors (Lipinski definition) is 5. The average molecular weight is 398 g/mol. The van der Waals surface area contributed by atoms with Crippen molar-refractivity contribution in [2.24, 2.45) is 13.0 Å². The summed E-state index contributed by atoms with van der Waals surface area (Å²) in [6, 6.07) is 8.99. The Hall–Kier alpha value is -3.29. The minimum absolute atomic E-state index is 0.146. The number of rotatable bonds is 9.